The highest BCUT2D eigenvalue weighted by Gasteiger charge is 2.01. The number of benzene rings is 3. The first kappa shape index (κ1) is 60.0. The summed E-state index contributed by atoms with van der Waals surface area (Å²) in [6.45, 7) is 24.0. The minimum absolute atomic E-state index is 0.140. The smallest absolute Gasteiger partial charge is 0.141 e. The van der Waals surface area contributed by atoms with E-state index in [9.17, 15) is 10.2 Å². The van der Waals surface area contributed by atoms with Gasteiger partial charge in [0, 0.05) is 60.4 Å². The highest BCUT2D eigenvalue weighted by atomic mass is 16.3. The van der Waals surface area contributed by atoms with Crippen molar-refractivity contribution in [3.63, 3.8) is 0 Å². The molecule has 0 spiro atoms. The van der Waals surface area contributed by atoms with Crippen LogP contribution in [0.15, 0.2) is 206 Å². The summed E-state index contributed by atoms with van der Waals surface area (Å²) in [5.74, 6) is 0.325. The Morgan fingerprint density at radius 3 is 1.31 bits per heavy atom. The van der Waals surface area contributed by atoms with Gasteiger partial charge in [0.1, 0.15) is 17.2 Å². The molecule has 358 valence electrons. The number of phenolic OH excluding ortho intramolecular Hbond substituents is 2. The fraction of sp³-hybridized carbons (Fsp3) is 0.207. The molecule has 0 aliphatic heterocycles. The molecule has 0 amide bonds. The zero-order chi connectivity index (χ0) is 50.6. The number of aliphatic imine (C=N–C) groups is 1. The molecule has 0 aliphatic carbocycles. The molecule has 0 atom stereocenters. The van der Waals surface area contributed by atoms with Crippen LogP contribution in [-0.4, -0.2) is 46.3 Å². The number of fused-ring (bicyclic) bond motifs is 3. The van der Waals surface area contributed by atoms with Crippen LogP contribution in [0.2, 0.25) is 0 Å². The molecule has 0 fully saturated rings. The number of H-pyrrole nitrogens is 1. The maximum absolute atomic E-state index is 9.52. The van der Waals surface area contributed by atoms with Crippen LogP contribution in [0.4, 0.5) is 11.4 Å². The normalized spacial score (nSPS) is 9.18. The lowest BCUT2D eigenvalue weighted by molar-refractivity contribution is 0.476. The van der Waals surface area contributed by atoms with Crippen LogP contribution < -0.4 is 5.32 Å². The number of aromatic nitrogens is 6. The Bertz CT molecular complexity index is 2490. The molecule has 68 heavy (non-hydrogen) atoms. The molecule has 0 aliphatic rings. The lowest BCUT2D eigenvalue weighted by Gasteiger charge is -2.01. The van der Waals surface area contributed by atoms with Crippen molar-refractivity contribution in [2.45, 2.75) is 83.1 Å². The number of phenols is 2. The van der Waals surface area contributed by atoms with E-state index in [0.29, 0.717) is 11.4 Å². The maximum atomic E-state index is 9.52. The van der Waals surface area contributed by atoms with E-state index in [2.05, 4.69) is 64.5 Å². The second kappa shape index (κ2) is 40.5. The zero-order valence-corrected chi connectivity index (χ0v) is 42.2. The van der Waals surface area contributed by atoms with Crippen molar-refractivity contribution < 1.29 is 10.2 Å². The quantitative estimate of drug-likeness (QED) is 0.0733. The fourth-order valence-electron chi connectivity index (χ4n) is 5.19. The first-order valence-corrected chi connectivity index (χ1v) is 23.6. The van der Waals surface area contributed by atoms with Gasteiger partial charge in [0.25, 0.3) is 0 Å². The zero-order valence-electron chi connectivity index (χ0n) is 42.2. The van der Waals surface area contributed by atoms with Gasteiger partial charge in [-0.3, -0.25) is 29.9 Å². The number of nitrogens with zero attached hydrogens (tertiary/aromatic N) is 6. The van der Waals surface area contributed by atoms with Crippen LogP contribution in [0.1, 0.15) is 83.1 Å². The predicted octanol–water partition coefficient (Wildman–Crippen LogP) is 16.6. The second-order valence-corrected chi connectivity index (χ2v) is 11.7. The molecular formula is C58H74N8O2. The summed E-state index contributed by atoms with van der Waals surface area (Å²) in [4.78, 5) is 28.4. The maximum Gasteiger partial charge on any atom is 0.141 e. The Balaban J connectivity index is 0.000000829. The van der Waals surface area contributed by atoms with Crippen LogP contribution >= 0.6 is 0 Å². The number of anilines is 1. The lowest BCUT2D eigenvalue weighted by atomic mass is 10.1. The van der Waals surface area contributed by atoms with E-state index in [4.69, 9.17) is 0 Å². The average Bonchev–Trinajstić information content (AvgIpc) is 4.00. The molecule has 9 aromatic rings. The molecule has 10 heteroatoms. The van der Waals surface area contributed by atoms with Gasteiger partial charge in [-0.2, -0.15) is 0 Å². The Morgan fingerprint density at radius 1 is 0.426 bits per heavy atom. The predicted molar refractivity (Wildman–Crippen MR) is 294 cm³/mol. The molecule has 3 aromatic carbocycles. The number of allylic oxidation sites excluding steroid dienone is 1. The number of para-hydroxylation sites is 4. The Hall–Kier alpha value is -7.98. The molecule has 10 nitrogen and oxygen atoms in total. The summed E-state index contributed by atoms with van der Waals surface area (Å²) < 4.78 is 0. The van der Waals surface area contributed by atoms with Crippen LogP contribution in [0, 0.1) is 0 Å². The first-order chi connectivity index (χ1) is 33.7. The number of hydrogen-bond acceptors (Lipinski definition) is 9. The average molecular weight is 915 g/mol. The van der Waals surface area contributed by atoms with Gasteiger partial charge in [-0.25, -0.2) is 0 Å². The van der Waals surface area contributed by atoms with E-state index in [0.717, 1.165) is 44.6 Å². The number of hydrogen-bond donors (Lipinski definition) is 4. The third kappa shape index (κ3) is 22.3. The van der Waals surface area contributed by atoms with Crippen LogP contribution in [0.3, 0.4) is 0 Å². The van der Waals surface area contributed by atoms with Gasteiger partial charge in [0.2, 0.25) is 0 Å². The van der Waals surface area contributed by atoms with Gasteiger partial charge in [0.15, 0.2) is 0 Å². The SMILES string of the molecule is CC.CC.CC.CC.CC.CC.Oc1ccccc1N=C/C=C\Nc1ccccc1O.c1ccc(-c2ccc[nH]2)nc1.c1ccc(-c2ccccn2)nc1.c1cnc2c(c1)ccc1cccnc12. The van der Waals surface area contributed by atoms with Crippen molar-refractivity contribution in [2.24, 2.45) is 4.99 Å². The van der Waals surface area contributed by atoms with Crippen molar-refractivity contribution in [1.82, 2.24) is 29.9 Å². The van der Waals surface area contributed by atoms with Crippen molar-refractivity contribution in [2.75, 3.05) is 5.32 Å². The lowest BCUT2D eigenvalue weighted by Crippen LogP contribution is -1.87. The molecule has 0 saturated heterocycles. The molecular weight excluding hydrogens is 841 g/mol. The molecule has 6 heterocycles. The van der Waals surface area contributed by atoms with E-state index in [-0.39, 0.29) is 11.5 Å². The van der Waals surface area contributed by atoms with Gasteiger partial charge >= 0.3 is 0 Å². The third-order valence-electron chi connectivity index (χ3n) is 7.90. The van der Waals surface area contributed by atoms with Gasteiger partial charge in [-0.1, -0.05) is 150 Å². The van der Waals surface area contributed by atoms with Gasteiger partial charge in [0.05, 0.1) is 39.5 Å². The summed E-state index contributed by atoms with van der Waals surface area (Å²) in [6.07, 6.45) is 15.7. The van der Waals surface area contributed by atoms with Crippen LogP contribution in [0.5, 0.6) is 11.5 Å². The van der Waals surface area contributed by atoms with Crippen LogP contribution in [-0.2, 0) is 0 Å². The van der Waals surface area contributed by atoms with Crippen molar-refractivity contribution >= 4 is 39.4 Å². The van der Waals surface area contributed by atoms with Crippen molar-refractivity contribution in [3.05, 3.63) is 201 Å². The van der Waals surface area contributed by atoms with Gasteiger partial charge in [-0.15, -0.1) is 0 Å². The molecule has 6 aromatic heterocycles. The Labute approximate surface area is 406 Å². The highest BCUT2D eigenvalue weighted by Crippen LogP contribution is 2.25. The second-order valence-electron chi connectivity index (χ2n) is 11.7. The van der Waals surface area contributed by atoms with E-state index < -0.39 is 0 Å². The summed E-state index contributed by atoms with van der Waals surface area (Å²) in [7, 11) is 0. The Kier molecular flexibility index (Phi) is 35.8. The molecule has 0 saturated carbocycles. The van der Waals surface area contributed by atoms with Gasteiger partial charge in [-0.05, 0) is 91.0 Å². The summed E-state index contributed by atoms with van der Waals surface area (Å²) in [5, 5.41) is 24.2. The number of nitrogens with one attached hydrogen (secondary N) is 2. The summed E-state index contributed by atoms with van der Waals surface area (Å²) >= 11 is 0. The molecule has 9 rings (SSSR count). The van der Waals surface area contributed by atoms with Crippen LogP contribution in [0.25, 0.3) is 44.6 Å². The minimum Gasteiger partial charge on any atom is -0.506 e. The number of pyridine rings is 5. The molecule has 0 radical (unpaired) electrons. The first-order valence-electron chi connectivity index (χ1n) is 23.6. The monoisotopic (exact) mass is 915 g/mol. The number of rotatable bonds is 6. The summed E-state index contributed by atoms with van der Waals surface area (Å²) in [6, 6.07) is 47.3. The standard InChI is InChI=1S/C15H14N2O2.C12H8N2.C10H8N2.C9H8N2.6C2H6/c18-14-8-3-1-6-12(14)16-10-5-11-17-13-7-2-4-9-15(13)19;1-3-9-5-6-10-4-2-8-14-12(10)11(9)13-7-1;1-3-7-11-9(5-1)10-6-2-4-8-12-10;1-2-6-10-8(4-1)9-5-3-7-11-9;6*1-2/h1-11,16,18-19H;1-8H;1-8H;1-7,11H;6*1-2H3/b10-5-,17-11?;;;;;;;;;. The topological polar surface area (TPSA) is 145 Å². The molecule has 0 unspecified atom stereocenters. The van der Waals surface area contributed by atoms with E-state index in [1.165, 1.54) is 0 Å². The molecule has 0 bridgehead atoms. The highest BCUT2D eigenvalue weighted by molar-refractivity contribution is 6.02. The number of aromatic amines is 1. The fourth-order valence-corrected chi connectivity index (χ4v) is 5.19. The summed E-state index contributed by atoms with van der Waals surface area (Å²) in [5.41, 5.74) is 6.96. The Morgan fingerprint density at radius 2 is 0.868 bits per heavy atom. The van der Waals surface area contributed by atoms with Crippen molar-refractivity contribution in [1.29, 1.82) is 0 Å². The third-order valence-corrected chi connectivity index (χ3v) is 7.90. The van der Waals surface area contributed by atoms with E-state index >= 15 is 0 Å². The van der Waals surface area contributed by atoms with E-state index in [1.54, 1.807) is 91.9 Å². The number of aromatic hydroxyl groups is 2. The molecule has 4 N–H and O–H groups in total. The van der Waals surface area contributed by atoms with E-state index in [1.807, 2.05) is 174 Å². The largest absolute Gasteiger partial charge is 0.506 e. The van der Waals surface area contributed by atoms with Gasteiger partial charge < -0.3 is 20.5 Å². The minimum atomic E-state index is 0.140. The van der Waals surface area contributed by atoms with Crippen molar-refractivity contribution in [3.8, 4) is 34.3 Å².